The van der Waals surface area contributed by atoms with Crippen molar-refractivity contribution >= 4 is 5.78 Å². The first-order valence-corrected chi connectivity index (χ1v) is 2.71. The first-order chi connectivity index (χ1) is 4.22. The van der Waals surface area contributed by atoms with E-state index in [1.165, 1.54) is 7.11 Å². The van der Waals surface area contributed by atoms with Crippen LogP contribution in [0.3, 0.4) is 0 Å². The molecule has 0 rings (SSSR count). The smallest absolute Gasteiger partial charge is 0.173 e. The quantitative estimate of drug-likeness (QED) is 0.518. The van der Waals surface area contributed by atoms with Gasteiger partial charge in [0.15, 0.2) is 5.78 Å². The summed E-state index contributed by atoms with van der Waals surface area (Å²) in [4.78, 5) is 10.7. The minimum atomic E-state index is -0.360. The summed E-state index contributed by atoms with van der Waals surface area (Å²) >= 11 is 0. The molecule has 0 heterocycles. The Labute approximate surface area is 55.2 Å². The Morgan fingerprint density at radius 3 is 2.78 bits per heavy atom. The molecule has 2 nitrogen and oxygen atoms in total. The molecule has 0 radical (unpaired) electrons. The lowest BCUT2D eigenvalue weighted by molar-refractivity contribution is -0.126. The summed E-state index contributed by atoms with van der Waals surface area (Å²) in [6.45, 7) is 1.68. The van der Waals surface area contributed by atoms with E-state index in [0.717, 1.165) is 0 Å². The molecule has 0 saturated heterocycles. The standard InChI is InChI=1S/C7H10O2/c1-4-5-7(8)6(2)9-3/h1,6H,5H2,2-3H3. The minimum Gasteiger partial charge on any atom is -0.374 e. The van der Waals surface area contributed by atoms with E-state index in [1.807, 2.05) is 0 Å². The van der Waals surface area contributed by atoms with E-state index in [4.69, 9.17) is 11.2 Å². The van der Waals surface area contributed by atoms with Gasteiger partial charge >= 0.3 is 0 Å². The zero-order chi connectivity index (χ0) is 7.28. The van der Waals surface area contributed by atoms with E-state index in [2.05, 4.69) is 5.92 Å². The van der Waals surface area contributed by atoms with E-state index >= 15 is 0 Å². The number of hydrogen-bond donors (Lipinski definition) is 0. The van der Waals surface area contributed by atoms with Crippen LogP contribution in [0.15, 0.2) is 0 Å². The second-order valence-electron chi connectivity index (χ2n) is 1.73. The van der Waals surface area contributed by atoms with Crippen molar-refractivity contribution < 1.29 is 9.53 Å². The SMILES string of the molecule is C#CCC(=O)C(C)OC. The Hall–Kier alpha value is -0.810. The highest BCUT2D eigenvalue weighted by atomic mass is 16.5. The lowest BCUT2D eigenvalue weighted by atomic mass is 10.2. The number of rotatable bonds is 3. The predicted octanol–water partition coefficient (Wildman–Crippen LogP) is 0.614. The number of ketones is 1. The lowest BCUT2D eigenvalue weighted by Gasteiger charge is -2.03. The molecule has 0 aromatic carbocycles. The Morgan fingerprint density at radius 2 is 2.44 bits per heavy atom. The predicted molar refractivity (Wildman–Crippen MR) is 34.9 cm³/mol. The Bertz CT molecular complexity index is 132. The molecular formula is C7H10O2. The number of ether oxygens (including phenoxy) is 1. The van der Waals surface area contributed by atoms with Crippen molar-refractivity contribution in [2.45, 2.75) is 19.4 Å². The average Bonchev–Trinajstić information content (AvgIpc) is 1.87. The molecule has 1 unspecified atom stereocenters. The molecule has 0 spiro atoms. The van der Waals surface area contributed by atoms with Crippen LogP contribution in [0, 0.1) is 12.3 Å². The lowest BCUT2D eigenvalue weighted by Crippen LogP contribution is -2.17. The summed E-state index contributed by atoms with van der Waals surface area (Å²) in [5.74, 6) is 2.21. The van der Waals surface area contributed by atoms with Crippen LogP contribution in [0.25, 0.3) is 0 Å². The molecule has 0 bridgehead atoms. The molecule has 0 N–H and O–H groups in total. The third-order valence-corrected chi connectivity index (χ3v) is 1.08. The first kappa shape index (κ1) is 8.19. The van der Waals surface area contributed by atoms with Gasteiger partial charge in [-0.3, -0.25) is 4.79 Å². The van der Waals surface area contributed by atoms with E-state index in [1.54, 1.807) is 6.92 Å². The first-order valence-electron chi connectivity index (χ1n) is 2.71. The van der Waals surface area contributed by atoms with E-state index in [-0.39, 0.29) is 18.3 Å². The molecule has 0 saturated carbocycles. The number of carbonyl (C=O) groups excluding carboxylic acids is 1. The maximum absolute atomic E-state index is 10.7. The van der Waals surface area contributed by atoms with Crippen LogP contribution in [-0.2, 0) is 9.53 Å². The van der Waals surface area contributed by atoms with Crippen LogP contribution < -0.4 is 0 Å². The highest BCUT2D eigenvalue weighted by molar-refractivity contribution is 5.84. The summed E-state index contributed by atoms with van der Waals surface area (Å²) in [5, 5.41) is 0. The molecule has 0 amide bonds. The van der Waals surface area contributed by atoms with Gasteiger partial charge in [0.2, 0.25) is 0 Å². The largest absolute Gasteiger partial charge is 0.374 e. The third kappa shape index (κ3) is 2.89. The van der Waals surface area contributed by atoms with Gasteiger partial charge in [-0.25, -0.2) is 0 Å². The van der Waals surface area contributed by atoms with Crippen molar-refractivity contribution in [2.75, 3.05) is 7.11 Å². The van der Waals surface area contributed by atoms with Gasteiger partial charge in [-0.15, -0.1) is 6.42 Å². The summed E-state index contributed by atoms with van der Waals surface area (Å²) in [6, 6.07) is 0. The van der Waals surface area contributed by atoms with Crippen molar-refractivity contribution in [1.82, 2.24) is 0 Å². The highest BCUT2D eigenvalue weighted by Gasteiger charge is 2.08. The number of carbonyl (C=O) groups is 1. The van der Waals surface area contributed by atoms with Gasteiger partial charge in [0.25, 0.3) is 0 Å². The van der Waals surface area contributed by atoms with Crippen LogP contribution in [0.5, 0.6) is 0 Å². The zero-order valence-corrected chi connectivity index (χ0v) is 5.68. The maximum Gasteiger partial charge on any atom is 0.173 e. The molecule has 0 aliphatic heterocycles. The summed E-state index contributed by atoms with van der Waals surface area (Å²) in [6.07, 6.45) is 4.70. The second kappa shape index (κ2) is 4.11. The van der Waals surface area contributed by atoms with E-state index in [9.17, 15) is 4.79 Å². The molecule has 0 fully saturated rings. The number of terminal acetylenes is 1. The fourth-order valence-corrected chi connectivity index (χ4v) is 0.376. The topological polar surface area (TPSA) is 26.3 Å². The van der Waals surface area contributed by atoms with Gasteiger partial charge in [0.1, 0.15) is 6.10 Å². The molecular weight excluding hydrogens is 116 g/mol. The van der Waals surface area contributed by atoms with Crippen LogP contribution in [-0.4, -0.2) is 19.0 Å². The fraction of sp³-hybridized carbons (Fsp3) is 0.571. The summed E-state index contributed by atoms with van der Waals surface area (Å²) in [5.41, 5.74) is 0. The molecule has 50 valence electrons. The van der Waals surface area contributed by atoms with Gasteiger partial charge in [-0.2, -0.15) is 0 Å². The molecule has 0 aromatic heterocycles. The van der Waals surface area contributed by atoms with Gasteiger partial charge < -0.3 is 4.74 Å². The number of hydrogen-bond acceptors (Lipinski definition) is 2. The van der Waals surface area contributed by atoms with Crippen LogP contribution >= 0.6 is 0 Å². The molecule has 2 heteroatoms. The van der Waals surface area contributed by atoms with Crippen LogP contribution in [0.4, 0.5) is 0 Å². The zero-order valence-electron chi connectivity index (χ0n) is 5.68. The van der Waals surface area contributed by atoms with Gasteiger partial charge in [0.05, 0.1) is 6.42 Å². The van der Waals surface area contributed by atoms with E-state index < -0.39 is 0 Å². The van der Waals surface area contributed by atoms with Crippen molar-refractivity contribution in [3.63, 3.8) is 0 Å². The summed E-state index contributed by atoms with van der Waals surface area (Å²) in [7, 11) is 1.49. The third-order valence-electron chi connectivity index (χ3n) is 1.08. The molecule has 0 aromatic rings. The van der Waals surface area contributed by atoms with Gasteiger partial charge in [0, 0.05) is 7.11 Å². The van der Waals surface area contributed by atoms with Gasteiger partial charge in [-0.05, 0) is 6.92 Å². The van der Waals surface area contributed by atoms with Crippen molar-refractivity contribution in [3.05, 3.63) is 0 Å². The van der Waals surface area contributed by atoms with Crippen molar-refractivity contribution in [3.8, 4) is 12.3 Å². The van der Waals surface area contributed by atoms with Gasteiger partial charge in [-0.1, -0.05) is 5.92 Å². The summed E-state index contributed by atoms with van der Waals surface area (Å²) < 4.78 is 4.72. The number of Topliss-reactive ketones (excluding diaryl/α,β-unsaturated/α-hetero) is 1. The monoisotopic (exact) mass is 126 g/mol. The minimum absolute atomic E-state index is 0.0417. The maximum atomic E-state index is 10.7. The highest BCUT2D eigenvalue weighted by Crippen LogP contribution is 1.92. The Balaban J connectivity index is 3.62. The molecule has 1 atom stereocenters. The normalized spacial score (nSPS) is 12.1. The van der Waals surface area contributed by atoms with Crippen LogP contribution in [0.2, 0.25) is 0 Å². The molecule has 9 heavy (non-hydrogen) atoms. The second-order valence-corrected chi connectivity index (χ2v) is 1.73. The van der Waals surface area contributed by atoms with Crippen LogP contribution in [0.1, 0.15) is 13.3 Å². The Morgan fingerprint density at radius 1 is 1.89 bits per heavy atom. The number of methoxy groups -OCH3 is 1. The average molecular weight is 126 g/mol. The van der Waals surface area contributed by atoms with Crippen molar-refractivity contribution in [2.24, 2.45) is 0 Å². The fourth-order valence-electron chi connectivity index (χ4n) is 0.376. The molecule has 0 aliphatic rings. The van der Waals surface area contributed by atoms with Crippen molar-refractivity contribution in [1.29, 1.82) is 0 Å². The molecule has 0 aliphatic carbocycles. The van der Waals surface area contributed by atoms with E-state index in [0.29, 0.717) is 0 Å². The Kier molecular flexibility index (Phi) is 3.74.